The molecule has 4 aromatic rings. The van der Waals surface area contributed by atoms with Gasteiger partial charge in [-0.15, -0.1) is 0 Å². The number of amides is 1. The van der Waals surface area contributed by atoms with Crippen LogP contribution in [0.25, 0.3) is 11.0 Å². The van der Waals surface area contributed by atoms with Crippen LogP contribution in [0, 0.1) is 5.82 Å². The van der Waals surface area contributed by atoms with Crippen molar-refractivity contribution < 1.29 is 23.1 Å². The number of benzene rings is 3. The Hall–Kier alpha value is -4.33. The molecule has 194 valence electrons. The van der Waals surface area contributed by atoms with Gasteiger partial charge in [-0.25, -0.2) is 9.38 Å². The Balaban J connectivity index is 1.56. The number of hydrogen-bond acceptors (Lipinski definition) is 6. The molecule has 1 amide bonds. The molecule has 1 N–H and O–H groups in total. The van der Waals surface area contributed by atoms with E-state index in [0.29, 0.717) is 22.9 Å². The van der Waals surface area contributed by atoms with E-state index in [0.717, 1.165) is 49.7 Å². The monoisotopic (exact) mass is 513 g/mol. The summed E-state index contributed by atoms with van der Waals surface area (Å²) >= 11 is 0. The van der Waals surface area contributed by atoms with Gasteiger partial charge in [-0.1, -0.05) is 0 Å². The number of rotatable bonds is 5. The van der Waals surface area contributed by atoms with E-state index in [4.69, 9.17) is 18.9 Å². The van der Waals surface area contributed by atoms with Crippen LogP contribution in [0.15, 0.2) is 64.0 Å². The average molecular weight is 514 g/mol. The summed E-state index contributed by atoms with van der Waals surface area (Å²) in [6, 6.07) is 14.9. The van der Waals surface area contributed by atoms with E-state index in [1.165, 1.54) is 41.1 Å². The molecule has 0 saturated heterocycles. The van der Waals surface area contributed by atoms with Crippen LogP contribution in [0.4, 0.5) is 21.5 Å². The molecule has 0 aliphatic carbocycles. The summed E-state index contributed by atoms with van der Waals surface area (Å²) in [5.74, 6) is 0.337. The predicted molar refractivity (Wildman–Crippen MR) is 144 cm³/mol. The Morgan fingerprint density at radius 3 is 2.55 bits per heavy atom. The molecule has 2 aliphatic rings. The van der Waals surface area contributed by atoms with Crippen LogP contribution in [0.3, 0.4) is 0 Å². The van der Waals surface area contributed by atoms with E-state index in [-0.39, 0.29) is 16.9 Å². The average Bonchev–Trinajstić information content (AvgIpc) is 2.94. The largest absolute Gasteiger partial charge is 0.497 e. The fourth-order valence-electron chi connectivity index (χ4n) is 5.42. The fourth-order valence-corrected chi connectivity index (χ4v) is 5.42. The summed E-state index contributed by atoms with van der Waals surface area (Å²) in [5.41, 5.74) is 5.91. The zero-order valence-electron chi connectivity index (χ0n) is 21.3. The summed E-state index contributed by atoms with van der Waals surface area (Å²) in [4.78, 5) is 20.7. The lowest BCUT2D eigenvalue weighted by molar-refractivity contribution is 0.102. The van der Waals surface area contributed by atoms with Crippen molar-refractivity contribution in [3.05, 3.63) is 82.7 Å². The van der Waals surface area contributed by atoms with Crippen molar-refractivity contribution in [3.63, 3.8) is 0 Å². The smallest absolute Gasteiger partial charge is 0.261 e. The lowest BCUT2D eigenvalue weighted by atomic mass is 9.90. The Morgan fingerprint density at radius 2 is 1.79 bits per heavy atom. The molecule has 0 atom stereocenters. The molecule has 8 heteroatoms. The molecule has 38 heavy (non-hydrogen) atoms. The molecular formula is C30H28FN3O4. The van der Waals surface area contributed by atoms with Gasteiger partial charge >= 0.3 is 0 Å². The SMILES string of the molecule is COc1ccc(N=c2oc3c4c5c(cc3cc2C(=O)Nc2ccc(F)cc2)CCCN5CCC4)c(OC)c1. The normalized spacial score (nSPS) is 14.8. The summed E-state index contributed by atoms with van der Waals surface area (Å²) < 4.78 is 30.8. The van der Waals surface area contributed by atoms with Crippen molar-refractivity contribution in [3.8, 4) is 11.5 Å². The zero-order valence-corrected chi connectivity index (χ0v) is 21.3. The molecule has 1 aromatic heterocycles. The van der Waals surface area contributed by atoms with Gasteiger partial charge in [-0.05, 0) is 79.8 Å². The molecule has 2 aliphatic heterocycles. The summed E-state index contributed by atoms with van der Waals surface area (Å²) in [7, 11) is 3.14. The Morgan fingerprint density at radius 1 is 1.00 bits per heavy atom. The highest BCUT2D eigenvalue weighted by Gasteiger charge is 2.27. The van der Waals surface area contributed by atoms with Crippen LogP contribution in [0.1, 0.15) is 34.3 Å². The number of carbonyl (C=O) groups is 1. The van der Waals surface area contributed by atoms with Crippen molar-refractivity contribution in [2.24, 2.45) is 4.99 Å². The molecule has 0 radical (unpaired) electrons. The van der Waals surface area contributed by atoms with Gasteiger partial charge in [0.2, 0.25) is 5.55 Å². The summed E-state index contributed by atoms with van der Waals surface area (Å²) in [5, 5.41) is 3.72. The van der Waals surface area contributed by atoms with E-state index >= 15 is 0 Å². The third-order valence-corrected chi connectivity index (χ3v) is 7.19. The Bertz CT molecular complexity index is 1610. The lowest BCUT2D eigenvalue weighted by Gasteiger charge is -2.37. The van der Waals surface area contributed by atoms with Crippen LogP contribution in [-0.2, 0) is 12.8 Å². The number of methoxy groups -OCH3 is 2. The number of nitrogens with one attached hydrogen (secondary N) is 1. The van der Waals surface area contributed by atoms with Gasteiger partial charge in [0.25, 0.3) is 5.91 Å². The molecule has 6 rings (SSSR count). The number of aryl methyl sites for hydroxylation is 2. The van der Waals surface area contributed by atoms with Gasteiger partial charge in [0.05, 0.1) is 14.2 Å². The first-order valence-corrected chi connectivity index (χ1v) is 12.8. The first-order chi connectivity index (χ1) is 18.5. The third-order valence-electron chi connectivity index (χ3n) is 7.19. The highest BCUT2D eigenvalue weighted by Crippen LogP contribution is 2.40. The molecule has 0 fully saturated rings. The number of ether oxygens (including phenoxy) is 2. The van der Waals surface area contributed by atoms with E-state index in [9.17, 15) is 9.18 Å². The van der Waals surface area contributed by atoms with E-state index in [1.807, 2.05) is 6.07 Å². The predicted octanol–water partition coefficient (Wildman–Crippen LogP) is 5.77. The third kappa shape index (κ3) is 4.36. The maximum Gasteiger partial charge on any atom is 0.261 e. The second-order valence-corrected chi connectivity index (χ2v) is 9.55. The van der Waals surface area contributed by atoms with Crippen LogP contribution in [0.2, 0.25) is 0 Å². The first-order valence-electron chi connectivity index (χ1n) is 12.8. The van der Waals surface area contributed by atoms with E-state index in [2.05, 4.69) is 16.3 Å². The number of anilines is 2. The Kier molecular flexibility index (Phi) is 6.23. The number of fused-ring (bicyclic) bond motifs is 2. The number of halogens is 1. The fraction of sp³-hybridized carbons (Fsp3) is 0.267. The molecule has 3 heterocycles. The number of hydrogen-bond donors (Lipinski definition) is 1. The van der Waals surface area contributed by atoms with Crippen LogP contribution in [0.5, 0.6) is 11.5 Å². The molecule has 0 spiro atoms. The van der Waals surface area contributed by atoms with Crippen LogP contribution < -0.4 is 25.2 Å². The van der Waals surface area contributed by atoms with E-state index in [1.54, 1.807) is 32.4 Å². The van der Waals surface area contributed by atoms with Crippen molar-refractivity contribution >= 4 is 33.9 Å². The minimum absolute atomic E-state index is 0.171. The minimum atomic E-state index is -0.401. The zero-order chi connectivity index (χ0) is 26.2. The molecule has 3 aromatic carbocycles. The van der Waals surface area contributed by atoms with Gasteiger partial charge in [0.15, 0.2) is 0 Å². The minimum Gasteiger partial charge on any atom is -0.497 e. The van der Waals surface area contributed by atoms with Gasteiger partial charge < -0.3 is 24.1 Å². The standard InChI is InChI=1S/C30H28FN3O4/c1-36-22-11-12-25(26(17-22)37-2)33-30-24(29(35)32-21-9-7-20(31)8-10-21)16-19-15-18-5-3-13-34-14-4-6-23(27(18)34)28(19)38-30/h7-12,15-17H,3-6,13-14H2,1-2H3,(H,32,35). The second-order valence-electron chi connectivity index (χ2n) is 9.55. The van der Waals surface area contributed by atoms with Gasteiger partial charge in [-0.3, -0.25) is 4.79 Å². The molecule has 7 nitrogen and oxygen atoms in total. The summed E-state index contributed by atoms with van der Waals surface area (Å²) in [6.07, 6.45) is 4.07. The van der Waals surface area contributed by atoms with Gasteiger partial charge in [0.1, 0.15) is 34.2 Å². The highest BCUT2D eigenvalue weighted by molar-refractivity contribution is 6.06. The second kappa shape index (κ2) is 9.85. The van der Waals surface area contributed by atoms with Gasteiger partial charge in [-0.2, -0.15) is 0 Å². The summed E-state index contributed by atoms with van der Waals surface area (Å²) in [6.45, 7) is 2.09. The molecular weight excluding hydrogens is 485 g/mol. The topological polar surface area (TPSA) is 76.3 Å². The van der Waals surface area contributed by atoms with Crippen molar-refractivity contribution in [2.45, 2.75) is 25.7 Å². The lowest BCUT2D eigenvalue weighted by Crippen LogP contribution is -2.34. The van der Waals surface area contributed by atoms with Gasteiger partial charge in [0, 0.05) is 41.5 Å². The number of carbonyl (C=O) groups excluding carboxylic acids is 1. The molecule has 0 unspecified atom stereocenters. The van der Waals surface area contributed by atoms with Crippen molar-refractivity contribution in [2.75, 3.05) is 37.5 Å². The Labute approximate surface area is 219 Å². The maximum absolute atomic E-state index is 13.5. The van der Waals surface area contributed by atoms with Crippen molar-refractivity contribution in [1.29, 1.82) is 0 Å². The van der Waals surface area contributed by atoms with Crippen molar-refractivity contribution in [1.82, 2.24) is 0 Å². The highest BCUT2D eigenvalue weighted by atomic mass is 19.1. The molecule has 0 saturated carbocycles. The maximum atomic E-state index is 13.5. The molecule has 0 bridgehead atoms. The quantitative estimate of drug-likeness (QED) is 0.367. The van der Waals surface area contributed by atoms with Crippen LogP contribution in [-0.4, -0.2) is 33.2 Å². The number of nitrogens with zero attached hydrogens (tertiary/aromatic N) is 2. The van der Waals surface area contributed by atoms with Crippen LogP contribution >= 0.6 is 0 Å². The first kappa shape index (κ1) is 24.0. The van der Waals surface area contributed by atoms with E-state index < -0.39 is 5.91 Å².